The number of primary amides is 1. The Morgan fingerprint density at radius 2 is 1.92 bits per heavy atom. The number of halogens is 1. The summed E-state index contributed by atoms with van der Waals surface area (Å²) in [5, 5.41) is 0.640. The van der Waals surface area contributed by atoms with Crippen LogP contribution in [-0.2, 0) is 23.2 Å². The quantitative estimate of drug-likeness (QED) is 0.909. The summed E-state index contributed by atoms with van der Waals surface area (Å²) in [5.74, 6) is -0.607. The summed E-state index contributed by atoms with van der Waals surface area (Å²) in [5.41, 5.74) is 7.08. The van der Waals surface area contributed by atoms with Crippen molar-refractivity contribution in [2.45, 2.75) is 32.2 Å². The van der Waals surface area contributed by atoms with Crippen LogP contribution < -0.4 is 5.73 Å². The lowest BCUT2D eigenvalue weighted by atomic mass is 9.82. The van der Waals surface area contributed by atoms with Crippen molar-refractivity contribution < 1.29 is 9.59 Å². The van der Waals surface area contributed by atoms with Crippen LogP contribution >= 0.6 is 11.6 Å². The van der Waals surface area contributed by atoms with Crippen molar-refractivity contribution in [2.24, 2.45) is 5.73 Å². The van der Waals surface area contributed by atoms with Gasteiger partial charge in [-0.25, -0.2) is 9.97 Å². The van der Waals surface area contributed by atoms with Crippen molar-refractivity contribution in [3.05, 3.63) is 58.1 Å². The van der Waals surface area contributed by atoms with E-state index in [4.69, 9.17) is 17.3 Å². The van der Waals surface area contributed by atoms with E-state index < -0.39 is 11.3 Å². The van der Waals surface area contributed by atoms with E-state index in [0.717, 1.165) is 16.8 Å². The highest BCUT2D eigenvalue weighted by Crippen LogP contribution is 2.29. The third-order valence-electron chi connectivity index (χ3n) is 4.54. The van der Waals surface area contributed by atoms with Gasteiger partial charge in [0, 0.05) is 36.3 Å². The Morgan fingerprint density at radius 3 is 2.56 bits per heavy atom. The maximum absolute atomic E-state index is 13.1. The monoisotopic (exact) mass is 358 g/mol. The Hall–Kier alpha value is -2.47. The van der Waals surface area contributed by atoms with Crippen molar-refractivity contribution in [3.8, 4) is 0 Å². The number of aromatic nitrogens is 2. The molecule has 0 fully saturated rings. The molecular weight excluding hydrogens is 340 g/mol. The number of nitrogens with two attached hydrogens (primary N) is 1. The van der Waals surface area contributed by atoms with Crippen molar-refractivity contribution in [3.63, 3.8) is 0 Å². The zero-order valence-electron chi connectivity index (χ0n) is 14.1. The molecular formula is C18H19ClN4O2. The second-order valence-corrected chi connectivity index (χ2v) is 7.07. The summed E-state index contributed by atoms with van der Waals surface area (Å²) in [7, 11) is 0. The van der Waals surface area contributed by atoms with Crippen LogP contribution in [0.1, 0.15) is 41.3 Å². The van der Waals surface area contributed by atoms with Gasteiger partial charge in [-0.1, -0.05) is 23.7 Å². The van der Waals surface area contributed by atoms with Crippen LogP contribution in [0.5, 0.6) is 0 Å². The molecule has 2 heterocycles. The number of hydrogen-bond acceptors (Lipinski definition) is 4. The molecule has 2 amide bonds. The topological polar surface area (TPSA) is 89.2 Å². The molecule has 3 rings (SSSR count). The van der Waals surface area contributed by atoms with Crippen molar-refractivity contribution in [1.29, 1.82) is 0 Å². The largest absolute Gasteiger partial charge is 0.363 e. The average molecular weight is 359 g/mol. The number of rotatable bonds is 3. The lowest BCUT2D eigenvalue weighted by molar-refractivity contribution is -0.137. The smallest absolute Gasteiger partial charge is 0.286 e. The first-order valence-electron chi connectivity index (χ1n) is 7.99. The first-order chi connectivity index (χ1) is 11.8. The highest BCUT2D eigenvalue weighted by molar-refractivity contribution is 6.30. The molecule has 1 aliphatic rings. The standard InChI is InChI=1S/C18H19ClN4O2/c1-18(2,12-3-5-13(19)6-4-12)17(25)23-8-7-14-11(10-23)9-21-16(22-14)15(20)24/h3-6,9H,7-8,10H2,1-2H3,(H2,20,24). The van der Waals surface area contributed by atoms with E-state index in [1.165, 1.54) is 0 Å². The second kappa shape index (κ2) is 6.44. The third kappa shape index (κ3) is 3.35. The van der Waals surface area contributed by atoms with Crippen molar-refractivity contribution in [2.75, 3.05) is 6.54 Å². The van der Waals surface area contributed by atoms with Gasteiger partial charge < -0.3 is 10.6 Å². The van der Waals surface area contributed by atoms with E-state index in [1.54, 1.807) is 23.2 Å². The molecule has 130 valence electrons. The molecule has 0 aliphatic carbocycles. The molecule has 0 saturated carbocycles. The molecule has 0 unspecified atom stereocenters. The van der Waals surface area contributed by atoms with E-state index >= 15 is 0 Å². The summed E-state index contributed by atoms with van der Waals surface area (Å²) in [6.45, 7) is 4.77. The predicted molar refractivity (Wildman–Crippen MR) is 94.1 cm³/mol. The number of fused-ring (bicyclic) bond motifs is 1. The summed E-state index contributed by atoms with van der Waals surface area (Å²) < 4.78 is 0. The van der Waals surface area contributed by atoms with Gasteiger partial charge in [0.05, 0.1) is 11.1 Å². The van der Waals surface area contributed by atoms with Crippen LogP contribution in [0.25, 0.3) is 0 Å². The maximum Gasteiger partial charge on any atom is 0.286 e. The molecule has 0 spiro atoms. The minimum absolute atomic E-state index is 0.0139. The predicted octanol–water partition coefficient (Wildman–Crippen LogP) is 2.09. The number of amides is 2. The van der Waals surface area contributed by atoms with Crippen LogP contribution in [-0.4, -0.2) is 33.2 Å². The van der Waals surface area contributed by atoms with Gasteiger partial charge >= 0.3 is 0 Å². The molecule has 2 aromatic rings. The van der Waals surface area contributed by atoms with Gasteiger partial charge in [0.2, 0.25) is 11.7 Å². The van der Waals surface area contributed by atoms with Gasteiger partial charge in [-0.3, -0.25) is 9.59 Å². The highest BCUT2D eigenvalue weighted by Gasteiger charge is 2.35. The Balaban J connectivity index is 1.82. The molecule has 7 heteroatoms. The maximum atomic E-state index is 13.1. The van der Waals surface area contributed by atoms with Crippen LogP contribution in [0.15, 0.2) is 30.5 Å². The van der Waals surface area contributed by atoms with Crippen molar-refractivity contribution in [1.82, 2.24) is 14.9 Å². The molecule has 1 aromatic carbocycles. The zero-order chi connectivity index (χ0) is 18.2. The fourth-order valence-electron chi connectivity index (χ4n) is 2.99. The molecule has 25 heavy (non-hydrogen) atoms. The summed E-state index contributed by atoms with van der Waals surface area (Å²) in [6, 6.07) is 7.33. The third-order valence-corrected chi connectivity index (χ3v) is 4.79. The number of carbonyl (C=O) groups excluding carboxylic acids is 2. The van der Waals surface area contributed by atoms with Crippen LogP contribution in [0.2, 0.25) is 5.02 Å². The lowest BCUT2D eigenvalue weighted by Crippen LogP contribution is -2.46. The number of nitrogens with zero attached hydrogens (tertiary/aromatic N) is 3. The highest BCUT2D eigenvalue weighted by atomic mass is 35.5. The van der Waals surface area contributed by atoms with Crippen LogP contribution in [0, 0.1) is 0 Å². The molecule has 1 aliphatic heterocycles. The van der Waals surface area contributed by atoms with Gasteiger partial charge in [0.1, 0.15) is 0 Å². The molecule has 2 N–H and O–H groups in total. The first-order valence-corrected chi connectivity index (χ1v) is 8.37. The van der Waals surface area contributed by atoms with E-state index in [-0.39, 0.29) is 11.7 Å². The number of benzene rings is 1. The molecule has 0 saturated heterocycles. The molecule has 0 radical (unpaired) electrons. The van der Waals surface area contributed by atoms with Gasteiger partial charge in [-0.2, -0.15) is 0 Å². The van der Waals surface area contributed by atoms with Gasteiger partial charge in [-0.05, 0) is 31.5 Å². The van der Waals surface area contributed by atoms with Crippen LogP contribution in [0.3, 0.4) is 0 Å². The second-order valence-electron chi connectivity index (χ2n) is 6.64. The van der Waals surface area contributed by atoms with Crippen LogP contribution in [0.4, 0.5) is 0 Å². The first kappa shape index (κ1) is 17.4. The van der Waals surface area contributed by atoms with Gasteiger partial charge in [0.15, 0.2) is 0 Å². The van der Waals surface area contributed by atoms with Gasteiger partial charge in [-0.15, -0.1) is 0 Å². The number of carbonyl (C=O) groups is 2. The van der Waals surface area contributed by atoms with Gasteiger partial charge in [0.25, 0.3) is 5.91 Å². The zero-order valence-corrected chi connectivity index (χ0v) is 14.9. The fourth-order valence-corrected chi connectivity index (χ4v) is 3.12. The fraction of sp³-hybridized carbons (Fsp3) is 0.333. The lowest BCUT2D eigenvalue weighted by Gasteiger charge is -2.35. The Labute approximate surface area is 151 Å². The minimum atomic E-state index is -0.671. The summed E-state index contributed by atoms with van der Waals surface area (Å²) in [4.78, 5) is 34.2. The SMILES string of the molecule is CC(C)(C(=O)N1CCc2nc(C(N)=O)ncc2C1)c1ccc(Cl)cc1. The summed E-state index contributed by atoms with van der Waals surface area (Å²) in [6.07, 6.45) is 2.15. The summed E-state index contributed by atoms with van der Waals surface area (Å²) >= 11 is 5.94. The Bertz CT molecular complexity index is 833. The normalized spacial score (nSPS) is 14.1. The molecule has 0 atom stereocenters. The van der Waals surface area contributed by atoms with E-state index in [2.05, 4.69) is 9.97 Å². The van der Waals surface area contributed by atoms with E-state index in [0.29, 0.717) is 24.5 Å². The Kier molecular flexibility index (Phi) is 4.47. The minimum Gasteiger partial charge on any atom is -0.363 e. The molecule has 1 aromatic heterocycles. The molecule has 6 nitrogen and oxygen atoms in total. The average Bonchev–Trinajstić information content (AvgIpc) is 2.60. The Morgan fingerprint density at radius 1 is 1.24 bits per heavy atom. The molecule has 0 bridgehead atoms. The van der Waals surface area contributed by atoms with Crippen molar-refractivity contribution >= 4 is 23.4 Å². The van der Waals surface area contributed by atoms with E-state index in [1.807, 2.05) is 26.0 Å². The number of hydrogen-bond donors (Lipinski definition) is 1. The van der Waals surface area contributed by atoms with E-state index in [9.17, 15) is 9.59 Å².